The summed E-state index contributed by atoms with van der Waals surface area (Å²) in [5.74, 6) is -0.621. The van der Waals surface area contributed by atoms with Crippen molar-refractivity contribution in [3.05, 3.63) is 44.2 Å². The highest BCUT2D eigenvalue weighted by molar-refractivity contribution is 5.94. The van der Waals surface area contributed by atoms with Crippen LogP contribution in [-0.2, 0) is 0 Å². The van der Waals surface area contributed by atoms with Gasteiger partial charge >= 0.3 is 12.1 Å². The van der Waals surface area contributed by atoms with E-state index in [1.807, 2.05) is 0 Å². The van der Waals surface area contributed by atoms with E-state index >= 15 is 0 Å². The number of hydrogen-bond donors (Lipinski definition) is 4. The molecule has 0 radical (unpaired) electrons. The van der Waals surface area contributed by atoms with Crippen LogP contribution in [0.5, 0.6) is 5.75 Å². The molecule has 2 rings (SSSR count). The minimum atomic E-state index is -4.43. The number of benzene rings is 1. The number of halogens is 3. The largest absolute Gasteiger partial charge is 0.505 e. The Kier molecular flexibility index (Phi) is 5.48. The highest BCUT2D eigenvalue weighted by atomic mass is 19.4. The molecule has 27 heavy (non-hydrogen) atoms. The topological polar surface area (TPSA) is 102 Å². The minimum Gasteiger partial charge on any atom is -0.505 e. The normalized spacial score (nSPS) is 12.7. The molecule has 0 bridgehead atoms. The van der Waals surface area contributed by atoms with Crippen LogP contribution in [0.2, 0.25) is 0 Å². The molecule has 0 spiro atoms. The number of para-hydroxylation sites is 1. The van der Waals surface area contributed by atoms with Crippen LogP contribution in [0.4, 0.5) is 30.2 Å². The summed E-state index contributed by atoms with van der Waals surface area (Å²) in [4.78, 5) is 23.5. The Morgan fingerprint density at radius 3 is 2.33 bits per heavy atom. The van der Waals surface area contributed by atoms with Gasteiger partial charge in [-0.1, -0.05) is 6.07 Å². The molecule has 7 nitrogen and oxygen atoms in total. The Hall–Kier alpha value is -3.04. The molecule has 0 aliphatic heterocycles. The average Bonchev–Trinajstić information content (AvgIpc) is 2.56. The van der Waals surface area contributed by atoms with Crippen LogP contribution in [0.3, 0.4) is 0 Å². The van der Waals surface area contributed by atoms with Crippen molar-refractivity contribution in [2.45, 2.75) is 25.6 Å². The van der Waals surface area contributed by atoms with Crippen molar-refractivity contribution in [2.24, 2.45) is 0 Å². The number of nitrogens with one attached hydrogen (secondary N) is 2. The third-order valence-electron chi connectivity index (χ3n) is 3.80. The molecule has 1 unspecified atom stereocenters. The molecule has 0 saturated carbocycles. The van der Waals surface area contributed by atoms with Gasteiger partial charge in [-0.3, -0.25) is 9.59 Å². The maximum absolute atomic E-state index is 12.4. The second kappa shape index (κ2) is 7.29. The maximum atomic E-state index is 12.4. The zero-order valence-electron chi connectivity index (χ0n) is 14.8. The van der Waals surface area contributed by atoms with E-state index in [4.69, 9.17) is 0 Å². The molecule has 0 aliphatic rings. The van der Waals surface area contributed by atoms with Crippen LogP contribution in [0.15, 0.2) is 27.8 Å². The van der Waals surface area contributed by atoms with Crippen LogP contribution >= 0.6 is 0 Å². The zero-order chi connectivity index (χ0) is 20.5. The average molecular weight is 386 g/mol. The molecule has 146 valence electrons. The fourth-order valence-corrected chi connectivity index (χ4v) is 2.49. The Bertz CT molecular complexity index is 955. The predicted molar refractivity (Wildman–Crippen MR) is 95.3 cm³/mol. The summed E-state index contributed by atoms with van der Waals surface area (Å²) in [5.41, 5.74) is -2.29. The number of nitrogens with zero attached hydrogens (tertiary/aromatic N) is 1. The van der Waals surface area contributed by atoms with Crippen molar-refractivity contribution in [2.75, 3.05) is 24.7 Å². The first-order valence-electron chi connectivity index (χ1n) is 7.91. The summed E-state index contributed by atoms with van der Waals surface area (Å²) >= 11 is 0. The number of alkyl halides is 3. The van der Waals surface area contributed by atoms with Crippen molar-refractivity contribution >= 4 is 23.0 Å². The van der Waals surface area contributed by atoms with Crippen LogP contribution in [0, 0.1) is 0 Å². The molecule has 10 heteroatoms. The summed E-state index contributed by atoms with van der Waals surface area (Å²) < 4.78 is 38.7. The van der Waals surface area contributed by atoms with Crippen LogP contribution < -0.4 is 21.5 Å². The second-order valence-corrected chi connectivity index (χ2v) is 6.32. The van der Waals surface area contributed by atoms with Crippen molar-refractivity contribution in [1.82, 2.24) is 0 Å². The van der Waals surface area contributed by atoms with Gasteiger partial charge in [0.2, 0.25) is 0 Å². The van der Waals surface area contributed by atoms with Gasteiger partial charge in [-0.25, -0.2) is 4.58 Å². The molecular formula is C17H19F3N3O4+. The SMILES string of the molecule is CC(CC(F)(F)F)Nc1c(Nc2cccc(C(O)=[N+](C)C)c2O)c(=O)c1=O. The van der Waals surface area contributed by atoms with Gasteiger partial charge in [0.15, 0.2) is 5.75 Å². The Labute approximate surface area is 152 Å². The number of phenolic OH excluding ortho intramolecular Hbond substituents is 1. The molecule has 0 fully saturated rings. The van der Waals surface area contributed by atoms with E-state index in [1.165, 1.54) is 29.7 Å². The van der Waals surface area contributed by atoms with Gasteiger partial charge in [0.1, 0.15) is 31.0 Å². The molecule has 4 N–H and O–H groups in total. The summed E-state index contributed by atoms with van der Waals surface area (Å²) in [6, 6.07) is 3.19. The smallest absolute Gasteiger partial charge is 0.391 e. The molecule has 1 atom stereocenters. The van der Waals surface area contributed by atoms with Crippen LogP contribution in [-0.4, -0.2) is 47.0 Å². The lowest BCUT2D eigenvalue weighted by Crippen LogP contribution is -2.39. The molecule has 0 aromatic heterocycles. The minimum absolute atomic E-state index is 0.0134. The number of phenols is 1. The zero-order valence-corrected chi connectivity index (χ0v) is 14.8. The number of aromatic hydroxyl groups is 1. The molecule has 2 aromatic carbocycles. The van der Waals surface area contributed by atoms with Gasteiger partial charge < -0.3 is 20.8 Å². The fourth-order valence-electron chi connectivity index (χ4n) is 2.49. The second-order valence-electron chi connectivity index (χ2n) is 6.32. The standard InChI is InChI=1S/C17H18F3N3O4/c1-8(7-17(18,19)20)21-11-12(15(26)14(11)25)22-10-6-4-5-9(13(10)24)16(27)23(2)3/h4-6,8H,7H2,1-3H3,(H3,21,22,24,25,26,27)/p+1. The molecule has 0 aliphatic carbocycles. The summed E-state index contributed by atoms with van der Waals surface area (Å²) in [6.07, 6.45) is -5.61. The van der Waals surface area contributed by atoms with E-state index < -0.39 is 29.5 Å². The number of aliphatic hydroxyl groups is 1. The van der Waals surface area contributed by atoms with Crippen molar-refractivity contribution < 1.29 is 28.0 Å². The molecule has 0 saturated heterocycles. The van der Waals surface area contributed by atoms with Crippen molar-refractivity contribution in [3.63, 3.8) is 0 Å². The first-order chi connectivity index (χ1) is 12.4. The highest BCUT2D eigenvalue weighted by Gasteiger charge is 2.32. The van der Waals surface area contributed by atoms with E-state index in [1.54, 1.807) is 14.1 Å². The van der Waals surface area contributed by atoms with Gasteiger partial charge in [-0.15, -0.1) is 0 Å². The lowest BCUT2D eigenvalue weighted by molar-refractivity contribution is -0.472. The van der Waals surface area contributed by atoms with Gasteiger partial charge in [-0.2, -0.15) is 13.2 Å². The van der Waals surface area contributed by atoms with Gasteiger partial charge in [-0.05, 0) is 19.1 Å². The van der Waals surface area contributed by atoms with Gasteiger partial charge in [0.05, 0.1) is 12.1 Å². The van der Waals surface area contributed by atoms with Gasteiger partial charge in [0, 0.05) is 6.04 Å². The van der Waals surface area contributed by atoms with Crippen LogP contribution in [0.1, 0.15) is 18.9 Å². The van der Waals surface area contributed by atoms with Crippen LogP contribution in [0.25, 0.3) is 0 Å². The molecular weight excluding hydrogens is 367 g/mol. The van der Waals surface area contributed by atoms with Crippen molar-refractivity contribution in [3.8, 4) is 5.75 Å². The predicted octanol–water partition coefficient (Wildman–Crippen LogP) is 2.06. The Morgan fingerprint density at radius 2 is 1.78 bits per heavy atom. The summed E-state index contributed by atoms with van der Waals surface area (Å²) in [7, 11) is 3.10. The maximum Gasteiger partial charge on any atom is 0.391 e. The highest BCUT2D eigenvalue weighted by Crippen LogP contribution is 2.32. The quantitative estimate of drug-likeness (QED) is 0.199. The third-order valence-corrected chi connectivity index (χ3v) is 3.80. The number of hydrogen-bond acceptors (Lipinski definition) is 5. The number of rotatable bonds is 6. The Morgan fingerprint density at radius 1 is 1.19 bits per heavy atom. The fraction of sp³-hybridized carbons (Fsp3) is 0.353. The van der Waals surface area contributed by atoms with E-state index in [0.29, 0.717) is 0 Å². The lowest BCUT2D eigenvalue weighted by atomic mass is 10.1. The van der Waals surface area contributed by atoms with Gasteiger partial charge in [0.25, 0.3) is 10.9 Å². The molecule has 0 amide bonds. The lowest BCUT2D eigenvalue weighted by Gasteiger charge is -2.21. The first-order valence-corrected chi connectivity index (χ1v) is 7.91. The number of aliphatic hydroxyl groups excluding tert-OH is 1. The third kappa shape index (κ3) is 4.39. The number of anilines is 3. The van der Waals surface area contributed by atoms with E-state index in [9.17, 15) is 33.0 Å². The molecule has 0 heterocycles. The van der Waals surface area contributed by atoms with E-state index in [-0.39, 0.29) is 34.3 Å². The molecule has 2 aromatic rings. The summed E-state index contributed by atoms with van der Waals surface area (Å²) in [6.45, 7) is 1.23. The van der Waals surface area contributed by atoms with E-state index in [2.05, 4.69) is 10.6 Å². The van der Waals surface area contributed by atoms with E-state index in [0.717, 1.165) is 0 Å². The first kappa shape index (κ1) is 20.3. The monoisotopic (exact) mass is 386 g/mol. The van der Waals surface area contributed by atoms with Crippen molar-refractivity contribution in [1.29, 1.82) is 0 Å². The Balaban J connectivity index is 2.32. The summed E-state index contributed by atoms with van der Waals surface area (Å²) in [5, 5.41) is 25.2.